The van der Waals surface area contributed by atoms with Crippen LogP contribution >= 0.6 is 11.6 Å². The van der Waals surface area contributed by atoms with Crippen LogP contribution in [0.2, 0.25) is 5.02 Å². The molecule has 23 heavy (non-hydrogen) atoms. The maximum Gasteiger partial charge on any atom is 0.423 e. The van der Waals surface area contributed by atoms with Crippen LogP contribution in [-0.2, 0) is 6.18 Å². The molecule has 1 heterocycles. The van der Waals surface area contributed by atoms with Crippen molar-refractivity contribution in [1.82, 2.24) is 0 Å². The Morgan fingerprint density at radius 1 is 1.04 bits per heavy atom. The Morgan fingerprint density at radius 2 is 1.78 bits per heavy atom. The summed E-state index contributed by atoms with van der Waals surface area (Å²) in [7, 11) is 0. The van der Waals surface area contributed by atoms with Gasteiger partial charge in [-0.3, -0.25) is 4.79 Å². The van der Waals surface area contributed by atoms with Gasteiger partial charge in [0.05, 0.1) is 5.39 Å². The van der Waals surface area contributed by atoms with E-state index in [9.17, 15) is 22.4 Å². The molecule has 1 aromatic heterocycles. The summed E-state index contributed by atoms with van der Waals surface area (Å²) in [6, 6.07) is 7.87. The van der Waals surface area contributed by atoms with Crippen LogP contribution in [0.5, 0.6) is 0 Å². The quantitative estimate of drug-likeness (QED) is 0.564. The highest BCUT2D eigenvalue weighted by Crippen LogP contribution is 2.30. The molecule has 0 aliphatic heterocycles. The molecule has 0 N–H and O–H groups in total. The van der Waals surface area contributed by atoms with Crippen LogP contribution in [0.1, 0.15) is 5.56 Å². The summed E-state index contributed by atoms with van der Waals surface area (Å²) in [5, 5.41) is -0.00802. The van der Waals surface area contributed by atoms with E-state index in [4.69, 9.17) is 16.0 Å². The minimum atomic E-state index is -4.80. The van der Waals surface area contributed by atoms with Crippen LogP contribution in [0.15, 0.2) is 51.9 Å². The van der Waals surface area contributed by atoms with E-state index in [0.29, 0.717) is 11.8 Å². The minimum Gasteiger partial charge on any atom is -0.463 e. The number of hydrogen-bond acceptors (Lipinski definition) is 2. The standard InChI is InChI=1S/C16H7ClF4O2/c17-9-2-4-10(13(18)6-9)8-1-3-11-14(5-8)23-7-12(15(11)22)16(19,20)21/h1-7H. The largest absolute Gasteiger partial charge is 0.463 e. The van der Waals surface area contributed by atoms with E-state index in [-0.39, 0.29) is 21.6 Å². The molecule has 2 nitrogen and oxygen atoms in total. The lowest BCUT2D eigenvalue weighted by atomic mass is 10.0. The number of hydrogen-bond donors (Lipinski definition) is 0. The number of rotatable bonds is 1. The molecule has 118 valence electrons. The minimum absolute atomic E-state index is 0.0603. The Labute approximate surface area is 131 Å². The second-order valence-electron chi connectivity index (χ2n) is 4.81. The summed E-state index contributed by atoms with van der Waals surface area (Å²) >= 11 is 5.67. The smallest absolute Gasteiger partial charge is 0.423 e. The van der Waals surface area contributed by atoms with Crippen molar-refractivity contribution in [1.29, 1.82) is 0 Å². The Balaban J connectivity index is 2.19. The van der Waals surface area contributed by atoms with Crippen molar-refractivity contribution in [3.63, 3.8) is 0 Å². The Kier molecular flexibility index (Phi) is 3.64. The molecule has 0 saturated carbocycles. The van der Waals surface area contributed by atoms with Gasteiger partial charge in [-0.2, -0.15) is 13.2 Å². The number of fused-ring (bicyclic) bond motifs is 1. The maximum atomic E-state index is 13.9. The lowest BCUT2D eigenvalue weighted by Crippen LogP contribution is -2.18. The zero-order chi connectivity index (χ0) is 16.8. The van der Waals surface area contributed by atoms with Gasteiger partial charge in [-0.15, -0.1) is 0 Å². The fourth-order valence-corrected chi connectivity index (χ4v) is 2.37. The summed E-state index contributed by atoms with van der Waals surface area (Å²) < 4.78 is 56.9. The second kappa shape index (κ2) is 5.38. The van der Waals surface area contributed by atoms with Crippen LogP contribution in [-0.4, -0.2) is 0 Å². The van der Waals surface area contributed by atoms with E-state index in [2.05, 4.69) is 0 Å². The summed E-state index contributed by atoms with van der Waals surface area (Å²) in [4.78, 5) is 11.9. The predicted molar refractivity (Wildman–Crippen MR) is 77.9 cm³/mol. The third-order valence-corrected chi connectivity index (χ3v) is 3.56. The van der Waals surface area contributed by atoms with Crippen LogP contribution in [0, 0.1) is 5.82 Å². The third kappa shape index (κ3) is 2.82. The Morgan fingerprint density at radius 3 is 2.43 bits per heavy atom. The highest BCUT2D eigenvalue weighted by molar-refractivity contribution is 6.30. The van der Waals surface area contributed by atoms with E-state index in [1.807, 2.05) is 0 Å². The molecule has 0 fully saturated rings. The molecule has 0 spiro atoms. The number of halogens is 5. The predicted octanol–water partition coefficient (Wildman–Crippen LogP) is 5.27. The highest BCUT2D eigenvalue weighted by Gasteiger charge is 2.35. The molecule has 0 aliphatic carbocycles. The summed E-state index contributed by atoms with van der Waals surface area (Å²) in [5.41, 5.74) is -2.07. The molecule has 0 saturated heterocycles. The van der Waals surface area contributed by atoms with Gasteiger partial charge in [-0.05, 0) is 35.9 Å². The van der Waals surface area contributed by atoms with E-state index in [1.165, 1.54) is 30.3 Å². The molecular weight excluding hydrogens is 336 g/mol. The second-order valence-corrected chi connectivity index (χ2v) is 5.25. The Bertz CT molecular complexity index is 960. The molecule has 0 unspecified atom stereocenters. The van der Waals surface area contributed by atoms with Gasteiger partial charge in [0.1, 0.15) is 23.2 Å². The highest BCUT2D eigenvalue weighted by atomic mass is 35.5. The van der Waals surface area contributed by atoms with Crippen molar-refractivity contribution in [2.45, 2.75) is 6.18 Å². The zero-order valence-corrected chi connectivity index (χ0v) is 12.0. The first kappa shape index (κ1) is 15.6. The van der Waals surface area contributed by atoms with E-state index in [0.717, 1.165) is 6.07 Å². The SMILES string of the molecule is O=c1c(C(F)(F)F)coc2cc(-c3ccc(Cl)cc3F)ccc12. The average Bonchev–Trinajstić information content (AvgIpc) is 2.46. The Hall–Kier alpha value is -2.34. The third-order valence-electron chi connectivity index (χ3n) is 3.32. The van der Waals surface area contributed by atoms with E-state index in [1.54, 1.807) is 0 Å². The van der Waals surface area contributed by atoms with Gasteiger partial charge < -0.3 is 4.42 Å². The van der Waals surface area contributed by atoms with Crippen molar-refractivity contribution in [2.24, 2.45) is 0 Å². The first-order valence-electron chi connectivity index (χ1n) is 6.35. The lowest BCUT2D eigenvalue weighted by Gasteiger charge is -2.08. The fourth-order valence-electron chi connectivity index (χ4n) is 2.22. The molecule has 3 rings (SSSR count). The van der Waals surface area contributed by atoms with Crippen molar-refractivity contribution in [3.8, 4) is 11.1 Å². The van der Waals surface area contributed by atoms with Crippen LogP contribution in [0.3, 0.4) is 0 Å². The van der Waals surface area contributed by atoms with Crippen LogP contribution in [0.4, 0.5) is 17.6 Å². The maximum absolute atomic E-state index is 13.9. The van der Waals surface area contributed by atoms with Crippen LogP contribution < -0.4 is 5.43 Å². The van der Waals surface area contributed by atoms with Crippen molar-refractivity contribution in [3.05, 3.63) is 69.3 Å². The molecule has 7 heteroatoms. The van der Waals surface area contributed by atoms with Crippen molar-refractivity contribution < 1.29 is 22.0 Å². The van der Waals surface area contributed by atoms with Crippen LogP contribution in [0.25, 0.3) is 22.1 Å². The molecule has 0 atom stereocenters. The molecule has 0 amide bonds. The summed E-state index contributed by atoms with van der Waals surface area (Å²) in [6.45, 7) is 0. The number of benzene rings is 2. The van der Waals surface area contributed by atoms with Gasteiger partial charge >= 0.3 is 6.18 Å². The zero-order valence-electron chi connectivity index (χ0n) is 11.2. The van der Waals surface area contributed by atoms with Gasteiger partial charge in [-0.1, -0.05) is 17.7 Å². The summed E-state index contributed by atoms with van der Waals surface area (Å²) in [6.07, 6.45) is -4.43. The average molecular weight is 343 g/mol. The monoisotopic (exact) mass is 342 g/mol. The van der Waals surface area contributed by atoms with Crippen molar-refractivity contribution >= 4 is 22.6 Å². The molecule has 0 radical (unpaired) electrons. The molecule has 0 bridgehead atoms. The molecule has 0 aliphatic rings. The van der Waals surface area contributed by atoms with Crippen molar-refractivity contribution in [2.75, 3.05) is 0 Å². The normalized spacial score (nSPS) is 11.9. The van der Waals surface area contributed by atoms with Gasteiger partial charge in [0.2, 0.25) is 5.43 Å². The molecule has 3 aromatic rings. The van der Waals surface area contributed by atoms with Gasteiger partial charge in [0, 0.05) is 10.6 Å². The van der Waals surface area contributed by atoms with E-state index < -0.39 is 23.0 Å². The fraction of sp³-hybridized carbons (Fsp3) is 0.0625. The van der Waals surface area contributed by atoms with Gasteiger partial charge in [0.25, 0.3) is 0 Å². The summed E-state index contributed by atoms with van der Waals surface area (Å²) in [5.74, 6) is -0.592. The molecule has 2 aromatic carbocycles. The number of alkyl halides is 3. The lowest BCUT2D eigenvalue weighted by molar-refractivity contribution is -0.139. The molecular formula is C16H7ClF4O2. The van der Waals surface area contributed by atoms with Gasteiger partial charge in [-0.25, -0.2) is 4.39 Å². The first-order valence-corrected chi connectivity index (χ1v) is 6.73. The topological polar surface area (TPSA) is 30.2 Å². The first-order chi connectivity index (χ1) is 10.8. The van der Waals surface area contributed by atoms with Gasteiger partial charge in [0.15, 0.2) is 0 Å². The van der Waals surface area contributed by atoms with E-state index >= 15 is 0 Å².